The van der Waals surface area contributed by atoms with Gasteiger partial charge in [-0.15, -0.1) is 11.3 Å². The number of methoxy groups -OCH3 is 2. The molecule has 1 amide bonds. The summed E-state index contributed by atoms with van der Waals surface area (Å²) in [4.78, 5) is 24.2. The van der Waals surface area contributed by atoms with Gasteiger partial charge < -0.3 is 19.5 Å². The summed E-state index contributed by atoms with van der Waals surface area (Å²) in [5.41, 5.74) is 0.750. The third-order valence-corrected chi connectivity index (χ3v) is 4.37. The Balaban J connectivity index is 1.84. The van der Waals surface area contributed by atoms with Crippen LogP contribution in [0, 0.1) is 0 Å². The highest BCUT2D eigenvalue weighted by molar-refractivity contribution is 7.09. The average molecular weight is 375 g/mol. The molecule has 2 rings (SSSR count). The summed E-state index contributed by atoms with van der Waals surface area (Å²) >= 11 is 1.66. The van der Waals surface area contributed by atoms with Crippen molar-refractivity contribution < 1.29 is 23.8 Å². The SMILES string of the molecule is COC(=O)/C=C/c1ccc(OCC(=O)NCCc2cccs2)c(OC)c1. The van der Waals surface area contributed by atoms with Gasteiger partial charge in [-0.25, -0.2) is 4.79 Å². The van der Waals surface area contributed by atoms with Gasteiger partial charge in [0.2, 0.25) is 0 Å². The average Bonchev–Trinajstić information content (AvgIpc) is 3.18. The number of benzene rings is 1. The lowest BCUT2D eigenvalue weighted by molar-refractivity contribution is -0.134. The molecule has 7 heteroatoms. The maximum Gasteiger partial charge on any atom is 0.330 e. The second-order valence-electron chi connectivity index (χ2n) is 5.23. The van der Waals surface area contributed by atoms with E-state index in [2.05, 4.69) is 10.1 Å². The van der Waals surface area contributed by atoms with Crippen molar-refractivity contribution in [3.63, 3.8) is 0 Å². The van der Waals surface area contributed by atoms with E-state index >= 15 is 0 Å². The van der Waals surface area contributed by atoms with Crippen LogP contribution in [0.25, 0.3) is 6.08 Å². The van der Waals surface area contributed by atoms with Crippen LogP contribution in [0.3, 0.4) is 0 Å². The second kappa shape index (κ2) is 10.2. The van der Waals surface area contributed by atoms with Crippen molar-refractivity contribution >= 4 is 29.3 Å². The van der Waals surface area contributed by atoms with E-state index in [0.717, 1.165) is 12.0 Å². The van der Waals surface area contributed by atoms with E-state index in [4.69, 9.17) is 9.47 Å². The van der Waals surface area contributed by atoms with Crippen LogP contribution in [0.4, 0.5) is 0 Å². The highest BCUT2D eigenvalue weighted by Gasteiger charge is 2.08. The molecule has 0 saturated heterocycles. The third kappa shape index (κ3) is 6.25. The van der Waals surface area contributed by atoms with Gasteiger partial charge in [0.1, 0.15) is 0 Å². The molecular weight excluding hydrogens is 354 g/mol. The van der Waals surface area contributed by atoms with Crippen molar-refractivity contribution in [2.24, 2.45) is 0 Å². The van der Waals surface area contributed by atoms with Gasteiger partial charge >= 0.3 is 5.97 Å². The molecule has 0 saturated carbocycles. The minimum atomic E-state index is -0.441. The molecule has 0 atom stereocenters. The van der Waals surface area contributed by atoms with Crippen molar-refractivity contribution in [3.05, 3.63) is 52.2 Å². The minimum absolute atomic E-state index is 0.0991. The zero-order chi connectivity index (χ0) is 18.8. The van der Waals surface area contributed by atoms with Gasteiger partial charge in [-0.3, -0.25) is 4.79 Å². The Kier molecular flexibility index (Phi) is 7.70. The molecule has 0 aliphatic rings. The Morgan fingerprint density at radius 2 is 2.04 bits per heavy atom. The number of ether oxygens (including phenoxy) is 3. The van der Waals surface area contributed by atoms with Gasteiger partial charge in [0.05, 0.1) is 14.2 Å². The molecule has 138 valence electrons. The summed E-state index contributed by atoms with van der Waals surface area (Å²) in [6, 6.07) is 9.18. The summed E-state index contributed by atoms with van der Waals surface area (Å²) in [5.74, 6) is 0.293. The molecule has 0 spiro atoms. The first kappa shape index (κ1) is 19.5. The lowest BCUT2D eigenvalue weighted by atomic mass is 10.2. The first-order valence-electron chi connectivity index (χ1n) is 7.98. The Hall–Kier alpha value is -2.80. The van der Waals surface area contributed by atoms with Gasteiger partial charge in [-0.1, -0.05) is 12.1 Å². The predicted octanol–water partition coefficient (Wildman–Crippen LogP) is 2.68. The van der Waals surface area contributed by atoms with Gasteiger partial charge in [-0.2, -0.15) is 0 Å². The molecule has 0 radical (unpaired) electrons. The Morgan fingerprint density at radius 1 is 1.19 bits per heavy atom. The highest BCUT2D eigenvalue weighted by Crippen LogP contribution is 2.28. The van der Waals surface area contributed by atoms with Crippen LogP contribution in [0.5, 0.6) is 11.5 Å². The third-order valence-electron chi connectivity index (χ3n) is 3.43. The molecule has 2 aromatic rings. The van der Waals surface area contributed by atoms with Crippen LogP contribution in [0.2, 0.25) is 0 Å². The van der Waals surface area contributed by atoms with E-state index < -0.39 is 5.97 Å². The van der Waals surface area contributed by atoms with E-state index in [-0.39, 0.29) is 12.5 Å². The second-order valence-corrected chi connectivity index (χ2v) is 6.27. The van der Waals surface area contributed by atoms with Crippen LogP contribution in [0.15, 0.2) is 41.8 Å². The van der Waals surface area contributed by atoms with Crippen LogP contribution < -0.4 is 14.8 Å². The number of esters is 1. The zero-order valence-corrected chi connectivity index (χ0v) is 15.5. The maximum atomic E-state index is 11.9. The quantitative estimate of drug-likeness (QED) is 0.539. The number of rotatable bonds is 9. The number of thiophene rings is 1. The van der Waals surface area contributed by atoms with E-state index in [0.29, 0.717) is 18.0 Å². The summed E-state index contributed by atoms with van der Waals surface area (Å²) in [6.45, 7) is 0.468. The number of nitrogens with one attached hydrogen (secondary N) is 1. The molecule has 0 aliphatic carbocycles. The lowest BCUT2D eigenvalue weighted by Gasteiger charge is -2.11. The molecule has 1 heterocycles. The molecule has 0 fully saturated rings. The summed E-state index contributed by atoms with van der Waals surface area (Å²) in [7, 11) is 2.83. The predicted molar refractivity (Wildman–Crippen MR) is 101 cm³/mol. The van der Waals surface area contributed by atoms with Crippen molar-refractivity contribution in [3.8, 4) is 11.5 Å². The fourth-order valence-electron chi connectivity index (χ4n) is 2.11. The van der Waals surface area contributed by atoms with E-state index in [1.807, 2.05) is 17.5 Å². The molecule has 0 aliphatic heterocycles. The first-order valence-corrected chi connectivity index (χ1v) is 8.86. The largest absolute Gasteiger partial charge is 0.493 e. The molecule has 1 aromatic carbocycles. The summed E-state index contributed by atoms with van der Waals surface area (Å²) < 4.78 is 15.4. The molecule has 0 unspecified atom stereocenters. The van der Waals surface area contributed by atoms with Crippen LogP contribution in [-0.4, -0.2) is 39.2 Å². The van der Waals surface area contributed by atoms with Crippen molar-refractivity contribution in [1.82, 2.24) is 5.32 Å². The number of hydrogen-bond donors (Lipinski definition) is 1. The maximum absolute atomic E-state index is 11.9. The monoisotopic (exact) mass is 375 g/mol. The highest BCUT2D eigenvalue weighted by atomic mass is 32.1. The van der Waals surface area contributed by atoms with Gasteiger partial charge in [0.25, 0.3) is 5.91 Å². The zero-order valence-electron chi connectivity index (χ0n) is 14.7. The van der Waals surface area contributed by atoms with Gasteiger partial charge in [0.15, 0.2) is 18.1 Å². The van der Waals surface area contributed by atoms with Crippen LogP contribution in [-0.2, 0) is 20.7 Å². The summed E-state index contributed by atoms with van der Waals surface area (Å²) in [5, 5.41) is 4.83. The number of carbonyl (C=O) groups excluding carboxylic acids is 2. The first-order chi connectivity index (χ1) is 12.6. The smallest absolute Gasteiger partial charge is 0.330 e. The van der Waals surface area contributed by atoms with Gasteiger partial charge in [-0.05, 0) is 41.6 Å². The number of hydrogen-bond acceptors (Lipinski definition) is 6. The van der Waals surface area contributed by atoms with Crippen LogP contribution >= 0.6 is 11.3 Å². The summed E-state index contributed by atoms with van der Waals surface area (Å²) in [6.07, 6.45) is 3.72. The van der Waals surface area contributed by atoms with Gasteiger partial charge in [0, 0.05) is 17.5 Å². The minimum Gasteiger partial charge on any atom is -0.493 e. The number of carbonyl (C=O) groups is 2. The van der Waals surface area contributed by atoms with Crippen molar-refractivity contribution in [2.45, 2.75) is 6.42 Å². The fraction of sp³-hybridized carbons (Fsp3) is 0.263. The standard InChI is InChI=1S/C19H21NO5S/c1-23-17-12-14(6-8-19(22)24-2)5-7-16(17)25-13-18(21)20-10-9-15-4-3-11-26-15/h3-8,11-12H,9-10,13H2,1-2H3,(H,20,21)/b8-6+. The molecule has 0 bridgehead atoms. The van der Waals surface area contributed by atoms with Crippen molar-refractivity contribution in [2.75, 3.05) is 27.4 Å². The normalized spacial score (nSPS) is 10.5. The topological polar surface area (TPSA) is 73.9 Å². The Labute approximate surface area is 156 Å². The fourth-order valence-corrected chi connectivity index (χ4v) is 2.82. The Morgan fingerprint density at radius 3 is 2.73 bits per heavy atom. The molecule has 6 nitrogen and oxygen atoms in total. The molecule has 1 aromatic heterocycles. The van der Waals surface area contributed by atoms with E-state index in [1.165, 1.54) is 25.2 Å². The molecule has 26 heavy (non-hydrogen) atoms. The number of amides is 1. The van der Waals surface area contributed by atoms with Crippen molar-refractivity contribution in [1.29, 1.82) is 0 Å². The van der Waals surface area contributed by atoms with Crippen LogP contribution in [0.1, 0.15) is 10.4 Å². The van der Waals surface area contributed by atoms with E-state index in [9.17, 15) is 9.59 Å². The molecular formula is C19H21NO5S. The lowest BCUT2D eigenvalue weighted by Crippen LogP contribution is -2.30. The van der Waals surface area contributed by atoms with E-state index in [1.54, 1.807) is 35.6 Å². The molecule has 1 N–H and O–H groups in total. The Bertz CT molecular complexity index is 755.